The molecule has 1 aromatic rings. The summed E-state index contributed by atoms with van der Waals surface area (Å²) in [4.78, 5) is -0.0375. The fraction of sp³-hybridized carbons (Fsp3) is 0.500. The summed E-state index contributed by atoms with van der Waals surface area (Å²) in [6, 6.07) is 3.24. The van der Waals surface area contributed by atoms with Crippen LogP contribution in [-0.4, -0.2) is 38.9 Å². The average molecular weight is 402 g/mol. The van der Waals surface area contributed by atoms with Gasteiger partial charge in [0.25, 0.3) is 0 Å². The molecule has 0 bridgehead atoms. The fourth-order valence-electron chi connectivity index (χ4n) is 2.25. The summed E-state index contributed by atoms with van der Waals surface area (Å²) in [5.74, 6) is 0. The Kier molecular flexibility index (Phi) is 5.37. The van der Waals surface area contributed by atoms with E-state index in [9.17, 15) is 8.42 Å². The zero-order valence-electron chi connectivity index (χ0n) is 10.9. The maximum Gasteiger partial charge on any atom is 0.245 e. The van der Waals surface area contributed by atoms with Crippen molar-refractivity contribution in [2.75, 3.05) is 20.1 Å². The highest BCUT2D eigenvalue weighted by molar-refractivity contribution is 9.10. The molecule has 0 radical (unpaired) electrons. The number of nitrogens with one attached hydrogen (secondary N) is 1. The van der Waals surface area contributed by atoms with Crippen LogP contribution in [0.2, 0.25) is 10.0 Å². The molecule has 1 fully saturated rings. The molecular formula is C12H15BrCl2N2O2S. The molecule has 4 nitrogen and oxygen atoms in total. The van der Waals surface area contributed by atoms with Crippen molar-refractivity contribution in [3.63, 3.8) is 0 Å². The van der Waals surface area contributed by atoms with Crippen LogP contribution in [0.4, 0.5) is 0 Å². The van der Waals surface area contributed by atoms with Crippen molar-refractivity contribution in [3.05, 3.63) is 26.7 Å². The van der Waals surface area contributed by atoms with Gasteiger partial charge in [-0.2, -0.15) is 4.31 Å². The third-order valence-electron chi connectivity index (χ3n) is 3.27. The fourth-order valence-corrected chi connectivity index (χ4v) is 5.34. The third kappa shape index (κ3) is 3.48. The van der Waals surface area contributed by atoms with Crippen molar-refractivity contribution in [1.29, 1.82) is 0 Å². The predicted molar refractivity (Wildman–Crippen MR) is 85.0 cm³/mol. The molecule has 20 heavy (non-hydrogen) atoms. The van der Waals surface area contributed by atoms with E-state index in [2.05, 4.69) is 21.2 Å². The first kappa shape index (κ1) is 16.5. The molecule has 1 heterocycles. The van der Waals surface area contributed by atoms with Crippen molar-refractivity contribution in [2.24, 2.45) is 0 Å². The van der Waals surface area contributed by atoms with Crippen LogP contribution < -0.4 is 5.32 Å². The van der Waals surface area contributed by atoms with Gasteiger partial charge in [0.1, 0.15) is 4.90 Å². The lowest BCUT2D eigenvalue weighted by molar-refractivity contribution is 0.417. The number of halogens is 3. The lowest BCUT2D eigenvalue weighted by Gasteiger charge is -2.22. The Balaban J connectivity index is 2.29. The van der Waals surface area contributed by atoms with E-state index in [-0.39, 0.29) is 21.0 Å². The minimum atomic E-state index is -3.70. The molecule has 0 spiro atoms. The standard InChI is InChI=1S/C12H15BrCl2N2O2S/c1-17(7-9-3-2-4-16-9)20(18,19)12-10(14)5-8(13)6-11(12)15/h5-6,9,16H,2-4,7H2,1H3. The second kappa shape index (κ2) is 6.50. The molecule has 8 heteroatoms. The monoisotopic (exact) mass is 400 g/mol. The van der Waals surface area contributed by atoms with Crippen LogP contribution in [0.15, 0.2) is 21.5 Å². The van der Waals surface area contributed by atoms with Gasteiger partial charge in [-0.25, -0.2) is 8.42 Å². The Labute approximate surface area is 137 Å². The second-order valence-corrected chi connectivity index (χ2v) is 8.49. The Morgan fingerprint density at radius 3 is 2.50 bits per heavy atom. The summed E-state index contributed by atoms with van der Waals surface area (Å²) in [7, 11) is -2.15. The van der Waals surface area contributed by atoms with Gasteiger partial charge in [0.2, 0.25) is 10.0 Å². The van der Waals surface area contributed by atoms with Crippen LogP contribution in [0.3, 0.4) is 0 Å². The van der Waals surface area contributed by atoms with Gasteiger partial charge in [0.05, 0.1) is 10.0 Å². The predicted octanol–water partition coefficient (Wildman–Crippen LogP) is 3.13. The molecule has 0 saturated carbocycles. The molecule has 1 unspecified atom stereocenters. The summed E-state index contributed by atoms with van der Waals surface area (Å²) in [5, 5.41) is 3.51. The number of hydrogen-bond acceptors (Lipinski definition) is 3. The van der Waals surface area contributed by atoms with Gasteiger partial charge < -0.3 is 5.32 Å². The highest BCUT2D eigenvalue weighted by Crippen LogP contribution is 2.34. The molecule has 112 valence electrons. The molecule has 1 aromatic carbocycles. The van der Waals surface area contributed by atoms with Gasteiger partial charge in [-0.05, 0) is 31.5 Å². The number of sulfonamides is 1. The summed E-state index contributed by atoms with van der Waals surface area (Å²) < 4.78 is 27.1. The number of nitrogens with zero attached hydrogens (tertiary/aromatic N) is 1. The largest absolute Gasteiger partial charge is 0.313 e. The molecular weight excluding hydrogens is 387 g/mol. The van der Waals surface area contributed by atoms with E-state index < -0.39 is 10.0 Å². The summed E-state index contributed by atoms with van der Waals surface area (Å²) in [6.07, 6.45) is 2.04. The second-order valence-electron chi connectivity index (χ2n) is 4.78. The SMILES string of the molecule is CN(CC1CCCN1)S(=O)(=O)c1c(Cl)cc(Br)cc1Cl. The molecule has 0 aromatic heterocycles. The van der Waals surface area contributed by atoms with Crippen LogP contribution in [0.1, 0.15) is 12.8 Å². The lowest BCUT2D eigenvalue weighted by Crippen LogP contribution is -2.38. The highest BCUT2D eigenvalue weighted by atomic mass is 79.9. The van der Waals surface area contributed by atoms with Crippen LogP contribution in [0, 0.1) is 0 Å². The smallest absolute Gasteiger partial charge is 0.245 e. The third-order valence-corrected chi connectivity index (χ3v) is 6.47. The molecule has 1 saturated heterocycles. The Morgan fingerprint density at radius 1 is 1.40 bits per heavy atom. The molecule has 1 atom stereocenters. The molecule has 0 aliphatic carbocycles. The van der Waals surface area contributed by atoms with Crippen molar-refractivity contribution in [1.82, 2.24) is 9.62 Å². The van der Waals surface area contributed by atoms with E-state index in [0.29, 0.717) is 11.0 Å². The Morgan fingerprint density at radius 2 is 2.00 bits per heavy atom. The summed E-state index contributed by atoms with van der Waals surface area (Å²) >= 11 is 15.3. The van der Waals surface area contributed by atoms with E-state index in [1.165, 1.54) is 16.4 Å². The maximum absolute atomic E-state index is 12.6. The first-order chi connectivity index (χ1) is 9.32. The molecule has 0 amide bonds. The minimum Gasteiger partial charge on any atom is -0.313 e. The number of benzene rings is 1. The van der Waals surface area contributed by atoms with Crippen LogP contribution in [0.25, 0.3) is 0 Å². The van der Waals surface area contributed by atoms with Crippen molar-refractivity contribution < 1.29 is 8.42 Å². The molecule has 1 N–H and O–H groups in total. The normalized spacial score (nSPS) is 19.8. The van der Waals surface area contributed by atoms with E-state index >= 15 is 0 Å². The Bertz CT molecular complexity index is 580. The summed E-state index contributed by atoms with van der Waals surface area (Å²) in [6.45, 7) is 1.34. The molecule has 1 aliphatic rings. The zero-order chi connectivity index (χ0) is 14.9. The van der Waals surface area contributed by atoms with Gasteiger partial charge in [-0.3, -0.25) is 0 Å². The number of hydrogen-bond donors (Lipinski definition) is 1. The van der Waals surface area contributed by atoms with Crippen molar-refractivity contribution in [3.8, 4) is 0 Å². The van der Waals surface area contributed by atoms with Crippen molar-refractivity contribution in [2.45, 2.75) is 23.8 Å². The first-order valence-corrected chi connectivity index (χ1v) is 9.15. The van der Waals surface area contributed by atoms with E-state index in [1.807, 2.05) is 0 Å². The molecule has 2 rings (SSSR count). The van der Waals surface area contributed by atoms with Crippen LogP contribution in [-0.2, 0) is 10.0 Å². The average Bonchev–Trinajstić information content (AvgIpc) is 2.79. The molecule has 1 aliphatic heterocycles. The Hall–Kier alpha value is 0.150. The van der Waals surface area contributed by atoms with Crippen LogP contribution >= 0.6 is 39.1 Å². The zero-order valence-corrected chi connectivity index (χ0v) is 14.8. The van der Waals surface area contributed by atoms with E-state index in [1.54, 1.807) is 7.05 Å². The van der Waals surface area contributed by atoms with Gasteiger partial charge in [-0.1, -0.05) is 39.1 Å². The quantitative estimate of drug-likeness (QED) is 0.842. The number of rotatable bonds is 4. The highest BCUT2D eigenvalue weighted by Gasteiger charge is 2.29. The first-order valence-electron chi connectivity index (χ1n) is 6.16. The van der Waals surface area contributed by atoms with E-state index in [4.69, 9.17) is 23.2 Å². The van der Waals surface area contributed by atoms with Gasteiger partial charge >= 0.3 is 0 Å². The van der Waals surface area contributed by atoms with Crippen LogP contribution in [0.5, 0.6) is 0 Å². The van der Waals surface area contributed by atoms with Gasteiger partial charge in [0, 0.05) is 24.1 Å². The van der Waals surface area contributed by atoms with Gasteiger partial charge in [-0.15, -0.1) is 0 Å². The lowest BCUT2D eigenvalue weighted by atomic mass is 10.2. The number of likely N-dealkylation sites (N-methyl/N-ethyl adjacent to an activating group) is 1. The topological polar surface area (TPSA) is 49.4 Å². The van der Waals surface area contributed by atoms with Gasteiger partial charge in [0.15, 0.2) is 0 Å². The van der Waals surface area contributed by atoms with E-state index in [0.717, 1.165) is 19.4 Å². The van der Waals surface area contributed by atoms with Crippen molar-refractivity contribution >= 4 is 49.2 Å². The summed E-state index contributed by atoms with van der Waals surface area (Å²) in [5.41, 5.74) is 0. The minimum absolute atomic E-state index is 0.0375. The maximum atomic E-state index is 12.6.